The fraction of sp³-hybridized carbons (Fsp3) is 0.929. The van der Waals surface area contributed by atoms with Crippen molar-refractivity contribution in [3.05, 3.63) is 0 Å². The number of hydrogen-bond acceptors (Lipinski definition) is 5. The summed E-state index contributed by atoms with van der Waals surface area (Å²) < 4.78 is 15.8. The number of rotatable bonds is 9. The van der Waals surface area contributed by atoms with Crippen molar-refractivity contribution in [3.63, 3.8) is 0 Å². The lowest BCUT2D eigenvalue weighted by atomic mass is 9.54. The van der Waals surface area contributed by atoms with Crippen LogP contribution in [-0.4, -0.2) is 57.6 Å². The first kappa shape index (κ1) is 17.4. The number of hydrogen-bond donors (Lipinski definition) is 2. The first-order chi connectivity index (χ1) is 9.40. The highest BCUT2D eigenvalue weighted by atomic mass is 16.5. The van der Waals surface area contributed by atoms with E-state index in [1.165, 1.54) is 0 Å². The lowest BCUT2D eigenvalue weighted by Crippen LogP contribution is -2.75. The van der Waals surface area contributed by atoms with Crippen molar-refractivity contribution in [3.8, 4) is 0 Å². The average Bonchev–Trinajstić information content (AvgIpc) is 2.41. The summed E-state index contributed by atoms with van der Waals surface area (Å²) in [5, 5.41) is 2.84. The van der Waals surface area contributed by atoms with Gasteiger partial charge in [0.05, 0.1) is 25.9 Å². The lowest BCUT2D eigenvalue weighted by Gasteiger charge is -2.57. The molecule has 1 aliphatic carbocycles. The largest absolute Gasteiger partial charge is 0.382 e. The third-order valence-electron chi connectivity index (χ3n) is 4.20. The Morgan fingerprint density at radius 2 is 2.05 bits per heavy atom. The molecule has 0 bridgehead atoms. The predicted molar refractivity (Wildman–Crippen MR) is 76.4 cm³/mol. The van der Waals surface area contributed by atoms with Crippen LogP contribution >= 0.6 is 0 Å². The number of carbonyl (C=O) groups excluding carboxylic acids is 1. The number of ether oxygens (including phenoxy) is 3. The van der Waals surface area contributed by atoms with Gasteiger partial charge in [0.1, 0.15) is 5.54 Å². The molecule has 1 aliphatic rings. The molecule has 3 N–H and O–H groups in total. The summed E-state index contributed by atoms with van der Waals surface area (Å²) in [6, 6.07) is 0. The normalized spacial score (nSPS) is 27.9. The van der Waals surface area contributed by atoms with E-state index < -0.39 is 5.54 Å². The topological polar surface area (TPSA) is 82.8 Å². The Balaban J connectivity index is 2.33. The first-order valence-corrected chi connectivity index (χ1v) is 7.15. The van der Waals surface area contributed by atoms with Crippen molar-refractivity contribution < 1.29 is 19.0 Å². The monoisotopic (exact) mass is 288 g/mol. The van der Waals surface area contributed by atoms with E-state index in [2.05, 4.69) is 5.32 Å². The second-order valence-electron chi connectivity index (χ2n) is 5.70. The molecule has 1 saturated carbocycles. The zero-order valence-electron chi connectivity index (χ0n) is 13.0. The molecule has 6 heteroatoms. The van der Waals surface area contributed by atoms with E-state index in [0.29, 0.717) is 39.4 Å². The maximum absolute atomic E-state index is 12.2. The molecule has 0 saturated heterocycles. The Morgan fingerprint density at radius 1 is 1.35 bits per heavy atom. The van der Waals surface area contributed by atoms with Gasteiger partial charge in [-0.3, -0.25) is 4.79 Å². The Hall–Kier alpha value is -0.690. The Morgan fingerprint density at radius 3 is 2.60 bits per heavy atom. The van der Waals surface area contributed by atoms with Crippen molar-refractivity contribution in [2.24, 2.45) is 11.1 Å². The Bertz CT molecular complexity index is 322. The van der Waals surface area contributed by atoms with Gasteiger partial charge in [-0.25, -0.2) is 0 Å². The first-order valence-electron chi connectivity index (χ1n) is 7.15. The molecule has 1 amide bonds. The highest BCUT2D eigenvalue weighted by molar-refractivity contribution is 5.88. The number of carbonyl (C=O) groups is 1. The number of nitrogens with two attached hydrogens (primary N) is 1. The molecule has 0 aromatic rings. The maximum atomic E-state index is 12.2. The van der Waals surface area contributed by atoms with Gasteiger partial charge in [0.2, 0.25) is 5.91 Å². The molecule has 6 nitrogen and oxygen atoms in total. The van der Waals surface area contributed by atoms with Gasteiger partial charge in [-0.15, -0.1) is 0 Å². The van der Waals surface area contributed by atoms with E-state index in [4.69, 9.17) is 19.9 Å². The van der Waals surface area contributed by atoms with Crippen LogP contribution < -0.4 is 11.1 Å². The Labute approximate surface area is 121 Å². The van der Waals surface area contributed by atoms with Crippen LogP contribution in [0.25, 0.3) is 0 Å². The summed E-state index contributed by atoms with van der Waals surface area (Å²) in [7, 11) is 1.62. The fourth-order valence-corrected chi connectivity index (χ4v) is 2.46. The van der Waals surface area contributed by atoms with E-state index in [-0.39, 0.29) is 17.4 Å². The third-order valence-corrected chi connectivity index (χ3v) is 4.20. The van der Waals surface area contributed by atoms with Gasteiger partial charge < -0.3 is 25.3 Å². The number of methoxy groups -OCH3 is 1. The van der Waals surface area contributed by atoms with Crippen molar-refractivity contribution in [1.82, 2.24) is 5.32 Å². The van der Waals surface area contributed by atoms with E-state index >= 15 is 0 Å². The van der Waals surface area contributed by atoms with Crippen molar-refractivity contribution in [1.29, 1.82) is 0 Å². The fourth-order valence-electron chi connectivity index (χ4n) is 2.46. The molecule has 1 fully saturated rings. The van der Waals surface area contributed by atoms with Gasteiger partial charge in [-0.2, -0.15) is 0 Å². The molecule has 0 aromatic heterocycles. The SMILES string of the molecule is CCOC1CC(N)(C(=O)NCCOCCOC)C1(C)C. The lowest BCUT2D eigenvalue weighted by molar-refractivity contribution is -0.170. The number of nitrogens with one attached hydrogen (secondary N) is 1. The maximum Gasteiger partial charge on any atom is 0.240 e. The van der Waals surface area contributed by atoms with Crippen LogP contribution in [0.5, 0.6) is 0 Å². The van der Waals surface area contributed by atoms with Crippen molar-refractivity contribution in [2.75, 3.05) is 40.1 Å². The van der Waals surface area contributed by atoms with Gasteiger partial charge in [-0.05, 0) is 6.92 Å². The molecule has 2 atom stereocenters. The van der Waals surface area contributed by atoms with Gasteiger partial charge in [0.15, 0.2) is 0 Å². The van der Waals surface area contributed by atoms with Crippen LogP contribution in [0.15, 0.2) is 0 Å². The van der Waals surface area contributed by atoms with E-state index in [1.54, 1.807) is 7.11 Å². The van der Waals surface area contributed by atoms with Crippen LogP contribution in [0.4, 0.5) is 0 Å². The summed E-state index contributed by atoms with van der Waals surface area (Å²) in [4.78, 5) is 12.2. The van der Waals surface area contributed by atoms with E-state index in [0.717, 1.165) is 0 Å². The molecule has 2 unspecified atom stereocenters. The molecule has 0 aliphatic heterocycles. The van der Waals surface area contributed by atoms with Crippen LogP contribution in [0, 0.1) is 5.41 Å². The summed E-state index contributed by atoms with van der Waals surface area (Å²) in [6.45, 7) is 8.54. The van der Waals surface area contributed by atoms with Gasteiger partial charge >= 0.3 is 0 Å². The zero-order valence-corrected chi connectivity index (χ0v) is 13.0. The van der Waals surface area contributed by atoms with Gasteiger partial charge in [0, 0.05) is 32.1 Å². The van der Waals surface area contributed by atoms with Crippen molar-refractivity contribution in [2.45, 2.75) is 38.8 Å². The molecular weight excluding hydrogens is 260 g/mol. The molecule has 1 rings (SSSR count). The zero-order chi connectivity index (χ0) is 15.2. The minimum Gasteiger partial charge on any atom is -0.382 e. The second-order valence-corrected chi connectivity index (χ2v) is 5.70. The summed E-state index contributed by atoms with van der Waals surface area (Å²) >= 11 is 0. The minimum absolute atomic E-state index is 0.0428. The summed E-state index contributed by atoms with van der Waals surface area (Å²) in [5.74, 6) is -0.131. The summed E-state index contributed by atoms with van der Waals surface area (Å²) in [6.07, 6.45) is 0.603. The van der Waals surface area contributed by atoms with Crippen LogP contribution in [0.2, 0.25) is 0 Å². The molecule has 0 heterocycles. The highest BCUT2D eigenvalue weighted by Crippen LogP contribution is 2.49. The van der Waals surface area contributed by atoms with Gasteiger partial charge in [-0.1, -0.05) is 13.8 Å². The predicted octanol–water partition coefficient (Wildman–Crippen LogP) is 0.298. The molecule has 20 heavy (non-hydrogen) atoms. The van der Waals surface area contributed by atoms with Crippen molar-refractivity contribution >= 4 is 5.91 Å². The number of amides is 1. The van der Waals surface area contributed by atoms with Crippen LogP contribution in [0.3, 0.4) is 0 Å². The Kier molecular flexibility index (Phi) is 6.39. The second kappa shape index (κ2) is 7.36. The minimum atomic E-state index is -0.862. The molecule has 0 aromatic carbocycles. The standard InChI is InChI=1S/C14H28N2O4/c1-5-20-11-10-14(15,13(11,2)3)12(17)16-6-7-19-9-8-18-4/h11H,5-10,15H2,1-4H3,(H,16,17). The molecule has 118 valence electrons. The third kappa shape index (κ3) is 3.49. The molecular formula is C14H28N2O4. The molecule has 0 spiro atoms. The van der Waals surface area contributed by atoms with E-state index in [9.17, 15) is 4.79 Å². The highest BCUT2D eigenvalue weighted by Gasteiger charge is 2.62. The summed E-state index contributed by atoms with van der Waals surface area (Å²) in [5.41, 5.74) is 5.04. The van der Waals surface area contributed by atoms with Gasteiger partial charge in [0.25, 0.3) is 0 Å². The molecule has 0 radical (unpaired) electrons. The quantitative estimate of drug-likeness (QED) is 0.596. The van der Waals surface area contributed by atoms with Crippen LogP contribution in [-0.2, 0) is 19.0 Å². The average molecular weight is 288 g/mol. The van der Waals surface area contributed by atoms with Crippen LogP contribution in [0.1, 0.15) is 27.2 Å². The smallest absolute Gasteiger partial charge is 0.240 e. The van der Waals surface area contributed by atoms with E-state index in [1.807, 2.05) is 20.8 Å².